The molecule has 0 unspecified atom stereocenters. The molecule has 120 valence electrons. The van der Waals surface area contributed by atoms with Gasteiger partial charge in [0.25, 0.3) is 0 Å². The van der Waals surface area contributed by atoms with Crippen molar-refractivity contribution in [2.24, 2.45) is 5.92 Å². The van der Waals surface area contributed by atoms with E-state index in [0.717, 1.165) is 37.1 Å². The molecule has 2 heterocycles. The van der Waals surface area contributed by atoms with Crippen molar-refractivity contribution < 1.29 is 14.6 Å². The van der Waals surface area contributed by atoms with E-state index in [1.54, 1.807) is 24.4 Å². The van der Waals surface area contributed by atoms with Gasteiger partial charge in [-0.3, -0.25) is 0 Å². The number of aromatic nitrogens is 1. The lowest BCUT2D eigenvalue weighted by molar-refractivity contribution is 0.0697. The number of nitrogens with one attached hydrogen (secondary N) is 1. The fourth-order valence-electron chi connectivity index (χ4n) is 2.79. The Morgan fingerprint density at radius 1 is 1.26 bits per heavy atom. The van der Waals surface area contributed by atoms with Gasteiger partial charge in [0.05, 0.1) is 12.2 Å². The molecule has 0 aliphatic carbocycles. The summed E-state index contributed by atoms with van der Waals surface area (Å²) in [6, 6.07) is 10.6. The first-order chi connectivity index (χ1) is 11.2. The van der Waals surface area contributed by atoms with E-state index in [0.29, 0.717) is 18.4 Å². The van der Waals surface area contributed by atoms with Crippen LogP contribution in [0.4, 0.5) is 0 Å². The highest BCUT2D eigenvalue weighted by atomic mass is 16.5. The number of aromatic carboxylic acids is 1. The molecule has 1 saturated heterocycles. The SMILES string of the molecule is O=C(O)c1cccc(-c2cccnc2OCC2CCNCC2)c1. The number of benzene rings is 1. The third kappa shape index (κ3) is 3.87. The largest absolute Gasteiger partial charge is 0.478 e. The molecule has 1 aliphatic rings. The maximum atomic E-state index is 11.1. The molecule has 0 spiro atoms. The Hall–Kier alpha value is -2.40. The number of ether oxygens (including phenoxy) is 1. The Balaban J connectivity index is 1.80. The zero-order valence-corrected chi connectivity index (χ0v) is 12.9. The molecule has 1 fully saturated rings. The Bertz CT molecular complexity index is 681. The van der Waals surface area contributed by atoms with E-state index in [2.05, 4.69) is 10.3 Å². The normalized spacial score (nSPS) is 15.3. The Morgan fingerprint density at radius 3 is 2.87 bits per heavy atom. The summed E-state index contributed by atoms with van der Waals surface area (Å²) in [4.78, 5) is 15.5. The smallest absolute Gasteiger partial charge is 0.335 e. The van der Waals surface area contributed by atoms with Gasteiger partial charge in [0, 0.05) is 11.8 Å². The summed E-state index contributed by atoms with van der Waals surface area (Å²) in [5, 5.41) is 12.5. The molecule has 5 heteroatoms. The molecule has 5 nitrogen and oxygen atoms in total. The summed E-state index contributed by atoms with van der Waals surface area (Å²) in [5.41, 5.74) is 1.89. The number of carboxylic acid groups (broad SMARTS) is 1. The molecule has 0 atom stereocenters. The number of carboxylic acids is 1. The van der Waals surface area contributed by atoms with Crippen LogP contribution in [0.15, 0.2) is 42.6 Å². The van der Waals surface area contributed by atoms with Gasteiger partial charge in [0.1, 0.15) is 0 Å². The zero-order valence-electron chi connectivity index (χ0n) is 12.9. The maximum absolute atomic E-state index is 11.1. The van der Waals surface area contributed by atoms with Crippen LogP contribution in [0.5, 0.6) is 5.88 Å². The molecule has 1 aromatic heterocycles. The summed E-state index contributed by atoms with van der Waals surface area (Å²) in [7, 11) is 0. The molecule has 0 radical (unpaired) electrons. The summed E-state index contributed by atoms with van der Waals surface area (Å²) in [6.07, 6.45) is 3.91. The predicted octanol–water partition coefficient (Wildman–Crippen LogP) is 2.83. The van der Waals surface area contributed by atoms with Gasteiger partial charge in [-0.1, -0.05) is 12.1 Å². The van der Waals surface area contributed by atoms with E-state index in [-0.39, 0.29) is 5.56 Å². The van der Waals surface area contributed by atoms with Crippen molar-refractivity contribution in [1.29, 1.82) is 0 Å². The van der Waals surface area contributed by atoms with Crippen LogP contribution in [0.1, 0.15) is 23.2 Å². The zero-order chi connectivity index (χ0) is 16.1. The Labute approximate surface area is 135 Å². The molecular weight excluding hydrogens is 292 g/mol. The van der Waals surface area contributed by atoms with Crippen LogP contribution in [0, 0.1) is 5.92 Å². The minimum atomic E-state index is -0.937. The summed E-state index contributed by atoms with van der Waals surface area (Å²) in [6.45, 7) is 2.71. The number of carbonyl (C=O) groups is 1. The second-order valence-electron chi connectivity index (χ2n) is 5.75. The molecule has 0 bridgehead atoms. The van der Waals surface area contributed by atoms with Gasteiger partial charge < -0.3 is 15.2 Å². The van der Waals surface area contributed by atoms with Crippen molar-refractivity contribution in [2.45, 2.75) is 12.8 Å². The van der Waals surface area contributed by atoms with Gasteiger partial charge >= 0.3 is 5.97 Å². The first-order valence-electron chi connectivity index (χ1n) is 7.86. The number of piperidine rings is 1. The molecule has 0 saturated carbocycles. The highest BCUT2D eigenvalue weighted by Crippen LogP contribution is 2.29. The van der Waals surface area contributed by atoms with Crippen molar-refractivity contribution in [2.75, 3.05) is 19.7 Å². The molecule has 23 heavy (non-hydrogen) atoms. The third-order valence-electron chi connectivity index (χ3n) is 4.11. The van der Waals surface area contributed by atoms with Crippen LogP contribution in [-0.2, 0) is 0 Å². The molecule has 0 amide bonds. The van der Waals surface area contributed by atoms with Crippen LogP contribution < -0.4 is 10.1 Å². The van der Waals surface area contributed by atoms with Gasteiger partial charge in [0.15, 0.2) is 0 Å². The van der Waals surface area contributed by atoms with Crippen LogP contribution in [-0.4, -0.2) is 35.8 Å². The van der Waals surface area contributed by atoms with Crippen LogP contribution in [0.3, 0.4) is 0 Å². The summed E-state index contributed by atoms with van der Waals surface area (Å²) < 4.78 is 5.95. The molecular formula is C18H20N2O3. The Morgan fingerprint density at radius 2 is 2.09 bits per heavy atom. The van der Waals surface area contributed by atoms with Crippen molar-refractivity contribution >= 4 is 5.97 Å². The van der Waals surface area contributed by atoms with Gasteiger partial charge in [-0.2, -0.15) is 0 Å². The maximum Gasteiger partial charge on any atom is 0.335 e. The third-order valence-corrected chi connectivity index (χ3v) is 4.11. The summed E-state index contributed by atoms with van der Waals surface area (Å²) in [5.74, 6) is 0.165. The minimum absolute atomic E-state index is 0.260. The second-order valence-corrected chi connectivity index (χ2v) is 5.75. The Kier molecular flexibility index (Phi) is 4.88. The minimum Gasteiger partial charge on any atom is -0.478 e. The van der Waals surface area contributed by atoms with Crippen LogP contribution in [0.2, 0.25) is 0 Å². The van der Waals surface area contributed by atoms with E-state index >= 15 is 0 Å². The van der Waals surface area contributed by atoms with Crippen LogP contribution in [0.25, 0.3) is 11.1 Å². The quantitative estimate of drug-likeness (QED) is 0.888. The molecule has 2 aromatic rings. The van der Waals surface area contributed by atoms with E-state index < -0.39 is 5.97 Å². The van der Waals surface area contributed by atoms with Crippen molar-refractivity contribution in [3.8, 4) is 17.0 Å². The lowest BCUT2D eigenvalue weighted by Crippen LogP contribution is -2.30. The van der Waals surface area contributed by atoms with Crippen molar-refractivity contribution in [3.63, 3.8) is 0 Å². The molecule has 3 rings (SSSR count). The first-order valence-corrected chi connectivity index (χ1v) is 7.86. The monoisotopic (exact) mass is 312 g/mol. The number of hydrogen-bond acceptors (Lipinski definition) is 4. The standard InChI is InChI=1S/C18H20N2O3/c21-18(22)15-4-1-3-14(11-15)16-5-2-8-20-17(16)23-12-13-6-9-19-10-7-13/h1-5,8,11,13,19H,6-7,9-10,12H2,(H,21,22). The van der Waals surface area contributed by atoms with Crippen LogP contribution >= 0.6 is 0 Å². The average molecular weight is 312 g/mol. The highest BCUT2D eigenvalue weighted by molar-refractivity contribution is 5.89. The van der Waals surface area contributed by atoms with Gasteiger partial charge in [-0.25, -0.2) is 9.78 Å². The lowest BCUT2D eigenvalue weighted by Gasteiger charge is -2.22. The fourth-order valence-corrected chi connectivity index (χ4v) is 2.79. The van der Waals surface area contributed by atoms with Crippen molar-refractivity contribution in [3.05, 3.63) is 48.2 Å². The van der Waals surface area contributed by atoms with Gasteiger partial charge in [0.2, 0.25) is 5.88 Å². The predicted molar refractivity (Wildman–Crippen MR) is 87.7 cm³/mol. The van der Waals surface area contributed by atoms with Gasteiger partial charge in [-0.05, 0) is 61.7 Å². The van der Waals surface area contributed by atoms with E-state index in [9.17, 15) is 4.79 Å². The number of nitrogens with zero attached hydrogens (tertiary/aromatic N) is 1. The highest BCUT2D eigenvalue weighted by Gasteiger charge is 2.16. The second kappa shape index (κ2) is 7.24. The van der Waals surface area contributed by atoms with Crippen molar-refractivity contribution in [1.82, 2.24) is 10.3 Å². The molecule has 2 N–H and O–H groups in total. The van der Waals surface area contributed by atoms with E-state index in [1.807, 2.05) is 18.2 Å². The fraction of sp³-hybridized carbons (Fsp3) is 0.333. The number of rotatable bonds is 5. The topological polar surface area (TPSA) is 71.5 Å². The molecule has 1 aliphatic heterocycles. The van der Waals surface area contributed by atoms with E-state index in [4.69, 9.17) is 9.84 Å². The number of hydrogen-bond donors (Lipinski definition) is 2. The number of pyridine rings is 1. The lowest BCUT2D eigenvalue weighted by atomic mass is 9.99. The molecule has 1 aromatic carbocycles. The van der Waals surface area contributed by atoms with Gasteiger partial charge in [-0.15, -0.1) is 0 Å². The van der Waals surface area contributed by atoms with E-state index in [1.165, 1.54) is 0 Å². The summed E-state index contributed by atoms with van der Waals surface area (Å²) >= 11 is 0. The average Bonchev–Trinajstić information content (AvgIpc) is 2.61. The first kappa shape index (κ1) is 15.5.